The Morgan fingerprint density at radius 1 is 0.969 bits per heavy atom. The van der Waals surface area contributed by atoms with Crippen LogP contribution in [0, 0.1) is 6.92 Å². The Kier molecular flexibility index (Phi) is 7.85. The highest BCUT2D eigenvalue weighted by molar-refractivity contribution is 5.92. The van der Waals surface area contributed by atoms with E-state index in [1.165, 1.54) is 0 Å². The zero-order valence-corrected chi connectivity index (χ0v) is 18.9. The van der Waals surface area contributed by atoms with Gasteiger partial charge in [-0.15, -0.1) is 0 Å². The molecule has 0 aliphatic heterocycles. The number of aromatic nitrogens is 2. The van der Waals surface area contributed by atoms with Crippen LogP contribution < -0.4 is 25.0 Å². The van der Waals surface area contributed by atoms with E-state index < -0.39 is 0 Å². The van der Waals surface area contributed by atoms with Gasteiger partial charge in [0, 0.05) is 30.5 Å². The molecule has 0 saturated carbocycles. The summed E-state index contributed by atoms with van der Waals surface area (Å²) in [5.74, 6) is 3.17. The number of amides is 1. The molecule has 0 atom stereocenters. The number of anilines is 4. The number of hydrogen-bond acceptors (Lipinski definition) is 7. The summed E-state index contributed by atoms with van der Waals surface area (Å²) >= 11 is 0. The maximum Gasteiger partial charge on any atom is 0.262 e. The highest BCUT2D eigenvalue weighted by Crippen LogP contribution is 2.26. The van der Waals surface area contributed by atoms with Crippen molar-refractivity contribution in [1.82, 2.24) is 9.97 Å². The van der Waals surface area contributed by atoms with Gasteiger partial charge in [-0.3, -0.25) is 4.79 Å². The molecule has 0 fully saturated rings. The van der Waals surface area contributed by atoms with Crippen molar-refractivity contribution in [3.63, 3.8) is 0 Å². The van der Waals surface area contributed by atoms with Crippen LogP contribution in [0.15, 0.2) is 54.6 Å². The molecule has 3 rings (SSSR count). The van der Waals surface area contributed by atoms with E-state index in [0.717, 1.165) is 30.4 Å². The van der Waals surface area contributed by atoms with Crippen molar-refractivity contribution in [2.75, 3.05) is 42.3 Å². The summed E-state index contributed by atoms with van der Waals surface area (Å²) in [4.78, 5) is 23.4. The Morgan fingerprint density at radius 2 is 1.62 bits per heavy atom. The summed E-state index contributed by atoms with van der Waals surface area (Å²) in [7, 11) is 1.56. The number of methoxy groups -OCH3 is 1. The Balaban J connectivity index is 1.59. The number of benzene rings is 2. The maximum absolute atomic E-state index is 12.2. The summed E-state index contributed by atoms with van der Waals surface area (Å²) in [6.07, 6.45) is 0. The molecule has 0 spiro atoms. The lowest BCUT2D eigenvalue weighted by Gasteiger charge is -2.20. The van der Waals surface area contributed by atoms with Crippen molar-refractivity contribution in [3.05, 3.63) is 60.4 Å². The lowest BCUT2D eigenvalue weighted by atomic mass is 10.2. The summed E-state index contributed by atoms with van der Waals surface area (Å²) < 4.78 is 10.8. The molecule has 0 bridgehead atoms. The van der Waals surface area contributed by atoms with Crippen LogP contribution in [0.25, 0.3) is 0 Å². The van der Waals surface area contributed by atoms with Gasteiger partial charge in [0.05, 0.1) is 7.11 Å². The number of ether oxygens (including phenoxy) is 2. The van der Waals surface area contributed by atoms with Crippen molar-refractivity contribution in [3.8, 4) is 11.5 Å². The molecule has 0 saturated heterocycles. The minimum Gasteiger partial charge on any atom is -0.493 e. The molecule has 1 amide bonds. The molecule has 1 heterocycles. The van der Waals surface area contributed by atoms with Crippen LogP contribution in [0.2, 0.25) is 0 Å². The molecule has 8 nitrogen and oxygen atoms in total. The summed E-state index contributed by atoms with van der Waals surface area (Å²) in [5, 5.41) is 6.12. The molecule has 8 heteroatoms. The third-order valence-corrected chi connectivity index (χ3v) is 4.78. The Hall–Kier alpha value is -3.81. The standard InChI is InChI=1S/C24H29N5O3/c1-5-29(6-2)23-15-22(25-17(3)26-23)27-18-11-13-19(14-12-18)28-24(30)16-32-21-10-8-7-9-20(21)31-4/h7-15H,5-6,16H2,1-4H3,(H,28,30)(H,25,26,27). The van der Waals surface area contributed by atoms with Gasteiger partial charge in [-0.2, -0.15) is 0 Å². The van der Waals surface area contributed by atoms with Crippen molar-refractivity contribution in [2.24, 2.45) is 0 Å². The van der Waals surface area contributed by atoms with Gasteiger partial charge < -0.3 is 25.0 Å². The van der Waals surface area contributed by atoms with E-state index in [1.807, 2.05) is 49.4 Å². The zero-order chi connectivity index (χ0) is 22.9. The number of rotatable bonds is 10. The maximum atomic E-state index is 12.2. The number of nitrogens with one attached hydrogen (secondary N) is 2. The third-order valence-electron chi connectivity index (χ3n) is 4.78. The molecule has 2 aromatic carbocycles. The van der Waals surface area contributed by atoms with Crippen LogP contribution in [0.3, 0.4) is 0 Å². The van der Waals surface area contributed by atoms with E-state index in [1.54, 1.807) is 19.2 Å². The van der Waals surface area contributed by atoms with Gasteiger partial charge in [-0.25, -0.2) is 9.97 Å². The Labute approximate surface area is 188 Å². The van der Waals surface area contributed by atoms with Gasteiger partial charge in [0.15, 0.2) is 18.1 Å². The minimum atomic E-state index is -0.257. The number of carbonyl (C=O) groups excluding carboxylic acids is 1. The largest absolute Gasteiger partial charge is 0.493 e. The van der Waals surface area contributed by atoms with E-state index in [-0.39, 0.29) is 12.5 Å². The van der Waals surface area contributed by atoms with Crippen LogP contribution in [0.5, 0.6) is 11.5 Å². The fourth-order valence-corrected chi connectivity index (χ4v) is 3.19. The van der Waals surface area contributed by atoms with Crippen molar-refractivity contribution < 1.29 is 14.3 Å². The van der Waals surface area contributed by atoms with Crippen LogP contribution in [0.1, 0.15) is 19.7 Å². The molecule has 0 radical (unpaired) electrons. The lowest BCUT2D eigenvalue weighted by Crippen LogP contribution is -2.23. The first-order valence-corrected chi connectivity index (χ1v) is 10.6. The average Bonchev–Trinajstić information content (AvgIpc) is 2.79. The molecular formula is C24H29N5O3. The van der Waals surface area contributed by atoms with E-state index in [9.17, 15) is 4.79 Å². The van der Waals surface area contributed by atoms with Gasteiger partial charge in [0.2, 0.25) is 0 Å². The predicted octanol–water partition coefficient (Wildman–Crippen LogP) is 4.40. The molecule has 32 heavy (non-hydrogen) atoms. The fourth-order valence-electron chi connectivity index (χ4n) is 3.19. The number of aryl methyl sites for hydroxylation is 1. The first kappa shape index (κ1) is 22.9. The van der Waals surface area contributed by atoms with Crippen LogP contribution in [-0.2, 0) is 4.79 Å². The number of para-hydroxylation sites is 2. The van der Waals surface area contributed by atoms with E-state index >= 15 is 0 Å². The summed E-state index contributed by atoms with van der Waals surface area (Å²) in [5.41, 5.74) is 1.53. The lowest BCUT2D eigenvalue weighted by molar-refractivity contribution is -0.118. The SMILES string of the molecule is CCN(CC)c1cc(Nc2ccc(NC(=O)COc3ccccc3OC)cc2)nc(C)n1. The summed E-state index contributed by atoms with van der Waals surface area (Å²) in [6, 6.07) is 16.5. The van der Waals surface area contributed by atoms with Crippen LogP contribution >= 0.6 is 0 Å². The topological polar surface area (TPSA) is 88.6 Å². The van der Waals surface area contributed by atoms with Crippen LogP contribution in [-0.4, -0.2) is 42.7 Å². The van der Waals surface area contributed by atoms with Crippen LogP contribution in [0.4, 0.5) is 23.0 Å². The predicted molar refractivity (Wildman–Crippen MR) is 127 cm³/mol. The van der Waals surface area contributed by atoms with E-state index in [2.05, 4.69) is 39.3 Å². The molecule has 0 unspecified atom stereocenters. The monoisotopic (exact) mass is 435 g/mol. The van der Waals surface area contributed by atoms with E-state index in [0.29, 0.717) is 23.0 Å². The fraction of sp³-hybridized carbons (Fsp3) is 0.292. The molecule has 0 aliphatic carbocycles. The highest BCUT2D eigenvalue weighted by atomic mass is 16.5. The van der Waals surface area contributed by atoms with Gasteiger partial charge >= 0.3 is 0 Å². The van der Waals surface area contributed by atoms with Gasteiger partial charge in [-0.05, 0) is 57.2 Å². The highest BCUT2D eigenvalue weighted by Gasteiger charge is 2.09. The normalized spacial score (nSPS) is 10.4. The first-order valence-electron chi connectivity index (χ1n) is 10.6. The smallest absolute Gasteiger partial charge is 0.262 e. The number of carbonyl (C=O) groups is 1. The third kappa shape index (κ3) is 6.10. The molecule has 0 aliphatic rings. The van der Waals surface area contributed by atoms with Gasteiger partial charge in [0.25, 0.3) is 5.91 Å². The van der Waals surface area contributed by atoms with Crippen molar-refractivity contribution in [1.29, 1.82) is 0 Å². The second-order valence-electron chi connectivity index (χ2n) is 7.02. The molecule has 168 valence electrons. The number of nitrogens with zero attached hydrogens (tertiary/aromatic N) is 3. The quantitative estimate of drug-likeness (QED) is 0.488. The molecule has 1 aromatic heterocycles. The van der Waals surface area contributed by atoms with Crippen molar-refractivity contribution >= 4 is 28.9 Å². The van der Waals surface area contributed by atoms with Gasteiger partial charge in [-0.1, -0.05) is 12.1 Å². The minimum absolute atomic E-state index is 0.116. The summed E-state index contributed by atoms with van der Waals surface area (Å²) in [6.45, 7) is 7.71. The van der Waals surface area contributed by atoms with Crippen molar-refractivity contribution in [2.45, 2.75) is 20.8 Å². The zero-order valence-electron chi connectivity index (χ0n) is 18.9. The van der Waals surface area contributed by atoms with E-state index in [4.69, 9.17) is 9.47 Å². The first-order chi connectivity index (χ1) is 15.5. The molecular weight excluding hydrogens is 406 g/mol. The second-order valence-corrected chi connectivity index (χ2v) is 7.02. The molecule has 3 aromatic rings. The Morgan fingerprint density at radius 3 is 2.28 bits per heavy atom. The van der Waals surface area contributed by atoms with Gasteiger partial charge in [0.1, 0.15) is 17.5 Å². The number of hydrogen-bond donors (Lipinski definition) is 2. The second kappa shape index (κ2) is 11.0. The molecule has 2 N–H and O–H groups in total. The average molecular weight is 436 g/mol. The Bertz CT molecular complexity index is 1040.